The van der Waals surface area contributed by atoms with E-state index in [2.05, 4.69) is 5.16 Å². The van der Waals surface area contributed by atoms with Crippen LogP contribution in [-0.2, 0) is 4.79 Å². The summed E-state index contributed by atoms with van der Waals surface area (Å²) in [4.78, 5) is 14.5. The zero-order valence-electron chi connectivity index (χ0n) is 10.2. The molecule has 0 radical (unpaired) electrons. The summed E-state index contributed by atoms with van der Waals surface area (Å²) in [5, 5.41) is 11.4. The molecule has 0 unspecified atom stereocenters. The van der Waals surface area contributed by atoms with Crippen molar-refractivity contribution in [3.05, 3.63) is 30.3 Å². The van der Waals surface area contributed by atoms with E-state index in [1.54, 1.807) is 4.90 Å². The molecule has 0 atom stereocenters. The second-order valence-electron chi connectivity index (χ2n) is 3.60. The first-order chi connectivity index (χ1) is 8.67. The first-order valence-electron chi connectivity index (χ1n) is 5.59. The molecule has 0 spiro atoms. The van der Waals surface area contributed by atoms with Crippen molar-refractivity contribution < 1.29 is 10.0 Å². The Morgan fingerprint density at radius 1 is 1.44 bits per heavy atom. The summed E-state index contributed by atoms with van der Waals surface area (Å²) in [6, 6.07) is 9.71. The van der Waals surface area contributed by atoms with Gasteiger partial charge in [0, 0.05) is 11.4 Å². The fourth-order valence-electron chi connectivity index (χ4n) is 1.36. The van der Waals surface area contributed by atoms with Gasteiger partial charge in [-0.2, -0.15) is 0 Å². The summed E-state index contributed by atoms with van der Waals surface area (Å²) < 4.78 is 0. The van der Waals surface area contributed by atoms with Crippen molar-refractivity contribution in [1.29, 1.82) is 0 Å². The van der Waals surface area contributed by atoms with Crippen LogP contribution in [-0.4, -0.2) is 40.7 Å². The predicted octanol–water partition coefficient (Wildman–Crippen LogP) is 1.37. The van der Waals surface area contributed by atoms with Crippen LogP contribution in [0.2, 0.25) is 0 Å². The van der Waals surface area contributed by atoms with E-state index >= 15 is 0 Å². The standard InChI is InChI=1S/C12H17N3O2S/c1-2-15(8-11(13)14-17)12(16)9-18-10-6-4-3-5-7-10/h3-7,17H,2,8-9H2,1H3,(H2,13,14). The van der Waals surface area contributed by atoms with Crippen molar-refractivity contribution in [3.8, 4) is 0 Å². The van der Waals surface area contributed by atoms with Gasteiger partial charge in [-0.25, -0.2) is 0 Å². The van der Waals surface area contributed by atoms with Gasteiger partial charge in [-0.05, 0) is 19.1 Å². The molecule has 0 saturated heterocycles. The van der Waals surface area contributed by atoms with Crippen LogP contribution in [0.25, 0.3) is 0 Å². The Labute approximate surface area is 111 Å². The molecule has 98 valence electrons. The van der Waals surface area contributed by atoms with Gasteiger partial charge in [-0.15, -0.1) is 11.8 Å². The molecule has 0 heterocycles. The maximum absolute atomic E-state index is 11.9. The monoisotopic (exact) mass is 267 g/mol. The maximum atomic E-state index is 11.9. The number of hydrogen-bond acceptors (Lipinski definition) is 4. The van der Waals surface area contributed by atoms with Crippen molar-refractivity contribution in [2.75, 3.05) is 18.8 Å². The lowest BCUT2D eigenvalue weighted by Crippen LogP contribution is -2.39. The highest BCUT2D eigenvalue weighted by molar-refractivity contribution is 8.00. The molecule has 1 rings (SSSR count). The van der Waals surface area contributed by atoms with Gasteiger partial charge >= 0.3 is 0 Å². The molecule has 0 bridgehead atoms. The average molecular weight is 267 g/mol. The van der Waals surface area contributed by atoms with Crippen molar-refractivity contribution in [2.45, 2.75) is 11.8 Å². The molecule has 0 aliphatic carbocycles. The summed E-state index contributed by atoms with van der Waals surface area (Å²) in [7, 11) is 0. The van der Waals surface area contributed by atoms with Crippen LogP contribution in [0.4, 0.5) is 0 Å². The van der Waals surface area contributed by atoms with Crippen molar-refractivity contribution in [2.24, 2.45) is 10.9 Å². The van der Waals surface area contributed by atoms with Crippen molar-refractivity contribution >= 4 is 23.5 Å². The number of thioether (sulfide) groups is 1. The average Bonchev–Trinajstić information content (AvgIpc) is 2.42. The van der Waals surface area contributed by atoms with Crippen LogP contribution < -0.4 is 5.73 Å². The highest BCUT2D eigenvalue weighted by Crippen LogP contribution is 2.17. The smallest absolute Gasteiger partial charge is 0.233 e. The van der Waals surface area contributed by atoms with Gasteiger partial charge in [0.1, 0.15) is 0 Å². The summed E-state index contributed by atoms with van der Waals surface area (Å²) in [6.07, 6.45) is 0. The number of oxime groups is 1. The predicted molar refractivity (Wildman–Crippen MR) is 72.8 cm³/mol. The molecule has 0 fully saturated rings. The minimum Gasteiger partial charge on any atom is -0.409 e. The van der Waals surface area contributed by atoms with Gasteiger partial charge in [0.15, 0.2) is 5.84 Å². The summed E-state index contributed by atoms with van der Waals surface area (Å²) in [5.74, 6) is 0.351. The van der Waals surface area contributed by atoms with Crippen molar-refractivity contribution in [1.82, 2.24) is 4.90 Å². The lowest BCUT2D eigenvalue weighted by molar-refractivity contribution is -0.127. The van der Waals surface area contributed by atoms with Gasteiger partial charge in [0.2, 0.25) is 5.91 Å². The summed E-state index contributed by atoms with van der Waals surface area (Å²) in [5.41, 5.74) is 5.39. The lowest BCUT2D eigenvalue weighted by atomic mass is 10.4. The maximum Gasteiger partial charge on any atom is 0.233 e. The highest BCUT2D eigenvalue weighted by Gasteiger charge is 2.13. The molecule has 3 N–H and O–H groups in total. The Morgan fingerprint density at radius 3 is 2.67 bits per heavy atom. The third kappa shape index (κ3) is 4.67. The molecule has 0 aliphatic heterocycles. The van der Waals surface area contributed by atoms with E-state index in [1.165, 1.54) is 11.8 Å². The van der Waals surface area contributed by atoms with Crippen LogP contribution in [0.1, 0.15) is 6.92 Å². The Morgan fingerprint density at radius 2 is 2.11 bits per heavy atom. The second kappa shape index (κ2) is 7.60. The summed E-state index contributed by atoms with van der Waals surface area (Å²) >= 11 is 1.47. The number of nitrogens with two attached hydrogens (primary N) is 1. The lowest BCUT2D eigenvalue weighted by Gasteiger charge is -2.19. The van der Waals surface area contributed by atoms with Crippen LogP contribution in [0.15, 0.2) is 40.4 Å². The largest absolute Gasteiger partial charge is 0.409 e. The Kier molecular flexibility index (Phi) is 6.07. The number of carbonyl (C=O) groups excluding carboxylic acids is 1. The molecule has 0 aromatic heterocycles. The number of nitrogens with zero attached hydrogens (tertiary/aromatic N) is 2. The van der Waals surface area contributed by atoms with Gasteiger partial charge in [0.05, 0.1) is 12.3 Å². The van der Waals surface area contributed by atoms with E-state index in [0.717, 1.165) is 4.90 Å². The number of hydrogen-bond donors (Lipinski definition) is 2. The Balaban J connectivity index is 2.48. The third-order valence-electron chi connectivity index (χ3n) is 2.32. The normalized spacial score (nSPS) is 11.3. The zero-order valence-corrected chi connectivity index (χ0v) is 11.1. The minimum absolute atomic E-state index is 0.0297. The fourth-order valence-corrected chi connectivity index (χ4v) is 2.18. The molecule has 1 aromatic rings. The van der Waals surface area contributed by atoms with Gasteiger partial charge < -0.3 is 15.8 Å². The molecule has 0 aliphatic rings. The van der Waals surface area contributed by atoms with E-state index in [-0.39, 0.29) is 18.3 Å². The van der Waals surface area contributed by atoms with E-state index in [4.69, 9.17) is 10.9 Å². The number of amides is 1. The SMILES string of the molecule is CCN(CC(N)=NO)C(=O)CSc1ccccc1. The molecule has 5 nitrogen and oxygen atoms in total. The van der Waals surface area contributed by atoms with Gasteiger partial charge in [-0.1, -0.05) is 23.4 Å². The molecule has 6 heteroatoms. The number of likely N-dealkylation sites (N-methyl/N-ethyl adjacent to an activating group) is 1. The molecular formula is C12H17N3O2S. The number of benzene rings is 1. The molecular weight excluding hydrogens is 250 g/mol. The quantitative estimate of drug-likeness (QED) is 0.268. The highest BCUT2D eigenvalue weighted by atomic mass is 32.2. The van der Waals surface area contributed by atoms with Crippen LogP contribution in [0, 0.1) is 0 Å². The molecule has 1 aromatic carbocycles. The summed E-state index contributed by atoms with van der Waals surface area (Å²) in [6.45, 7) is 2.54. The molecule has 0 saturated carbocycles. The van der Waals surface area contributed by atoms with Gasteiger partial charge in [-0.3, -0.25) is 4.79 Å². The topological polar surface area (TPSA) is 78.9 Å². The van der Waals surface area contributed by atoms with Crippen LogP contribution >= 0.6 is 11.8 Å². The van der Waals surface area contributed by atoms with E-state index in [1.807, 2.05) is 37.3 Å². The number of amidine groups is 1. The molecule has 1 amide bonds. The first kappa shape index (κ1) is 14.4. The second-order valence-corrected chi connectivity index (χ2v) is 4.65. The van der Waals surface area contributed by atoms with Crippen LogP contribution in [0.3, 0.4) is 0 Å². The number of rotatable bonds is 6. The Bertz CT molecular complexity index is 409. The third-order valence-corrected chi connectivity index (χ3v) is 3.32. The van der Waals surface area contributed by atoms with Crippen molar-refractivity contribution in [3.63, 3.8) is 0 Å². The van der Waals surface area contributed by atoms with E-state index in [0.29, 0.717) is 12.3 Å². The van der Waals surface area contributed by atoms with Gasteiger partial charge in [0.25, 0.3) is 0 Å². The van der Waals surface area contributed by atoms with E-state index in [9.17, 15) is 4.79 Å². The zero-order chi connectivity index (χ0) is 13.4. The first-order valence-corrected chi connectivity index (χ1v) is 6.58. The van der Waals surface area contributed by atoms with Crippen LogP contribution in [0.5, 0.6) is 0 Å². The fraction of sp³-hybridized carbons (Fsp3) is 0.333. The Hall–Kier alpha value is -1.69. The molecule has 18 heavy (non-hydrogen) atoms. The minimum atomic E-state index is -0.0297. The number of carbonyl (C=O) groups is 1. The van der Waals surface area contributed by atoms with E-state index < -0.39 is 0 Å².